The van der Waals surface area contributed by atoms with E-state index in [2.05, 4.69) is 20.7 Å². The molecule has 0 spiro atoms. The maximum atomic E-state index is 11.9. The molecule has 3 nitrogen and oxygen atoms in total. The topological polar surface area (TPSA) is 46.5 Å². The highest BCUT2D eigenvalue weighted by molar-refractivity contribution is 9.10. The van der Waals surface area contributed by atoms with Gasteiger partial charge in [0.15, 0.2) is 0 Å². The molecule has 1 aromatic carbocycles. The van der Waals surface area contributed by atoms with Crippen LogP contribution in [0.5, 0.6) is 0 Å². The molecular formula is C13H14BrF3O3. The van der Waals surface area contributed by atoms with Gasteiger partial charge < -0.3 is 9.84 Å². The number of aliphatic carboxylic acids is 1. The number of ether oxygens (including phenoxy) is 1. The van der Waals surface area contributed by atoms with E-state index >= 15 is 0 Å². The van der Waals surface area contributed by atoms with Crippen LogP contribution in [0.25, 0.3) is 0 Å². The number of hydrogen-bond acceptors (Lipinski definition) is 2. The van der Waals surface area contributed by atoms with Crippen LogP contribution in [0.15, 0.2) is 28.7 Å². The normalized spacial score (nSPS) is 13.2. The minimum Gasteiger partial charge on any atom is -0.481 e. The van der Waals surface area contributed by atoms with Crippen LogP contribution in [-0.4, -0.2) is 30.5 Å². The van der Waals surface area contributed by atoms with Crippen LogP contribution in [0.3, 0.4) is 0 Å². The molecule has 0 bridgehead atoms. The lowest BCUT2D eigenvalue weighted by Gasteiger charge is -2.13. The maximum Gasteiger partial charge on any atom is 0.411 e. The van der Waals surface area contributed by atoms with E-state index in [9.17, 15) is 18.0 Å². The van der Waals surface area contributed by atoms with Crippen LogP contribution in [0.2, 0.25) is 0 Å². The summed E-state index contributed by atoms with van der Waals surface area (Å²) in [6.07, 6.45) is -4.08. The lowest BCUT2D eigenvalue weighted by molar-refractivity contribution is -0.175. The maximum absolute atomic E-state index is 11.9. The molecule has 112 valence electrons. The second kappa shape index (κ2) is 7.64. The molecular weight excluding hydrogens is 341 g/mol. The molecule has 0 amide bonds. The summed E-state index contributed by atoms with van der Waals surface area (Å²) in [4.78, 5) is 11.1. The molecule has 0 aliphatic carbocycles. The minimum absolute atomic E-state index is 0.0431. The predicted molar refractivity (Wildman–Crippen MR) is 70.5 cm³/mol. The SMILES string of the molecule is O=C(O)C(CCOCC(F)(F)F)Cc1ccc(Br)cc1. The minimum atomic E-state index is -4.38. The fourth-order valence-electron chi connectivity index (χ4n) is 1.63. The smallest absolute Gasteiger partial charge is 0.411 e. The Balaban J connectivity index is 2.45. The molecule has 0 saturated carbocycles. The van der Waals surface area contributed by atoms with Crippen LogP contribution in [0.1, 0.15) is 12.0 Å². The zero-order valence-corrected chi connectivity index (χ0v) is 12.1. The summed E-state index contributed by atoms with van der Waals surface area (Å²) in [6.45, 7) is -1.58. The third-order valence-electron chi connectivity index (χ3n) is 2.62. The van der Waals surface area contributed by atoms with Gasteiger partial charge in [0, 0.05) is 11.1 Å². The summed E-state index contributed by atoms with van der Waals surface area (Å²) in [5.41, 5.74) is 0.816. The standard InChI is InChI=1S/C13H14BrF3O3/c14-11-3-1-9(2-4-11)7-10(12(18)19)5-6-20-8-13(15,16)17/h1-4,10H,5-8H2,(H,18,19). The Morgan fingerprint density at radius 2 is 1.90 bits per heavy atom. The molecule has 0 radical (unpaired) electrons. The van der Waals surface area contributed by atoms with Crippen molar-refractivity contribution in [2.24, 2.45) is 5.92 Å². The fraction of sp³-hybridized carbons (Fsp3) is 0.462. The number of hydrogen-bond donors (Lipinski definition) is 1. The molecule has 0 aromatic heterocycles. The van der Waals surface area contributed by atoms with Gasteiger partial charge in [-0.2, -0.15) is 13.2 Å². The van der Waals surface area contributed by atoms with Crippen molar-refractivity contribution in [2.45, 2.75) is 19.0 Å². The first-order chi connectivity index (χ1) is 9.28. The first-order valence-corrected chi connectivity index (χ1v) is 6.69. The van der Waals surface area contributed by atoms with Gasteiger partial charge in [-0.05, 0) is 30.5 Å². The Morgan fingerprint density at radius 1 is 1.30 bits per heavy atom. The number of rotatable bonds is 7. The van der Waals surface area contributed by atoms with Crippen LogP contribution in [0.4, 0.5) is 13.2 Å². The highest BCUT2D eigenvalue weighted by Crippen LogP contribution is 2.18. The number of carbonyl (C=O) groups is 1. The average molecular weight is 355 g/mol. The third kappa shape index (κ3) is 6.91. The first kappa shape index (κ1) is 17.0. The van der Waals surface area contributed by atoms with Crippen LogP contribution >= 0.6 is 15.9 Å². The fourth-order valence-corrected chi connectivity index (χ4v) is 1.90. The highest BCUT2D eigenvalue weighted by Gasteiger charge is 2.27. The number of alkyl halides is 3. The molecule has 1 atom stereocenters. The van der Waals surface area contributed by atoms with Gasteiger partial charge in [0.05, 0.1) is 5.92 Å². The summed E-state index contributed by atoms with van der Waals surface area (Å²) in [7, 11) is 0. The number of halogens is 4. The van der Waals surface area contributed by atoms with Gasteiger partial charge in [-0.25, -0.2) is 0 Å². The van der Waals surface area contributed by atoms with Gasteiger partial charge in [0.2, 0.25) is 0 Å². The van der Waals surface area contributed by atoms with Crippen molar-refractivity contribution in [1.82, 2.24) is 0 Å². The van der Waals surface area contributed by atoms with Gasteiger partial charge in [0.25, 0.3) is 0 Å². The van der Waals surface area contributed by atoms with Crippen LogP contribution in [-0.2, 0) is 16.0 Å². The summed E-state index contributed by atoms with van der Waals surface area (Å²) in [5.74, 6) is -1.80. The van der Waals surface area contributed by atoms with E-state index in [0.717, 1.165) is 10.0 Å². The molecule has 0 fully saturated rings. The third-order valence-corrected chi connectivity index (χ3v) is 3.15. The highest BCUT2D eigenvalue weighted by atomic mass is 79.9. The zero-order chi connectivity index (χ0) is 15.2. The van der Waals surface area contributed by atoms with Crippen molar-refractivity contribution in [3.05, 3.63) is 34.3 Å². The van der Waals surface area contributed by atoms with E-state index < -0.39 is 24.7 Å². The van der Waals surface area contributed by atoms with Gasteiger partial charge in [-0.3, -0.25) is 4.79 Å². The molecule has 20 heavy (non-hydrogen) atoms. The molecule has 0 heterocycles. The monoisotopic (exact) mass is 354 g/mol. The molecule has 1 unspecified atom stereocenters. The Bertz CT molecular complexity index is 431. The number of carboxylic acids is 1. The largest absolute Gasteiger partial charge is 0.481 e. The second-order valence-electron chi connectivity index (χ2n) is 4.32. The lowest BCUT2D eigenvalue weighted by atomic mass is 9.97. The number of carboxylic acid groups (broad SMARTS) is 1. The van der Waals surface area contributed by atoms with Crippen LogP contribution < -0.4 is 0 Å². The van der Waals surface area contributed by atoms with Crippen molar-refractivity contribution in [2.75, 3.05) is 13.2 Å². The molecule has 1 N–H and O–H groups in total. The summed E-state index contributed by atoms with van der Waals surface area (Å²) < 4.78 is 40.9. The van der Waals surface area contributed by atoms with E-state index in [1.165, 1.54) is 0 Å². The van der Waals surface area contributed by atoms with Crippen molar-refractivity contribution in [1.29, 1.82) is 0 Å². The lowest BCUT2D eigenvalue weighted by Crippen LogP contribution is -2.22. The summed E-state index contributed by atoms with van der Waals surface area (Å²) in [6, 6.07) is 7.12. The molecule has 1 aromatic rings. The molecule has 1 rings (SSSR count). The van der Waals surface area contributed by atoms with Crippen LogP contribution in [0, 0.1) is 5.92 Å². The number of benzene rings is 1. The van der Waals surface area contributed by atoms with E-state index in [1.807, 2.05) is 0 Å². The Kier molecular flexibility index (Phi) is 6.48. The molecule has 0 aliphatic rings. The summed E-state index contributed by atoms with van der Waals surface area (Å²) in [5, 5.41) is 9.06. The van der Waals surface area contributed by atoms with Gasteiger partial charge >= 0.3 is 12.1 Å². The van der Waals surface area contributed by atoms with Crippen molar-refractivity contribution in [3.63, 3.8) is 0 Å². The Hall–Kier alpha value is -1.08. The van der Waals surface area contributed by atoms with Gasteiger partial charge in [0.1, 0.15) is 6.61 Å². The van der Waals surface area contributed by atoms with E-state index in [4.69, 9.17) is 5.11 Å². The first-order valence-electron chi connectivity index (χ1n) is 5.89. The van der Waals surface area contributed by atoms with Crippen molar-refractivity contribution >= 4 is 21.9 Å². The summed E-state index contributed by atoms with van der Waals surface area (Å²) >= 11 is 3.27. The van der Waals surface area contributed by atoms with Gasteiger partial charge in [-0.1, -0.05) is 28.1 Å². The van der Waals surface area contributed by atoms with E-state index in [0.29, 0.717) is 0 Å². The molecule has 0 aliphatic heterocycles. The van der Waals surface area contributed by atoms with Gasteiger partial charge in [-0.15, -0.1) is 0 Å². The second-order valence-corrected chi connectivity index (χ2v) is 5.24. The van der Waals surface area contributed by atoms with E-state index in [-0.39, 0.29) is 19.4 Å². The Labute approximate surface area is 122 Å². The zero-order valence-electron chi connectivity index (χ0n) is 10.5. The quantitative estimate of drug-likeness (QED) is 0.760. The predicted octanol–water partition coefficient (Wildman–Crippen LogP) is 3.66. The van der Waals surface area contributed by atoms with E-state index in [1.54, 1.807) is 24.3 Å². The van der Waals surface area contributed by atoms with Crippen molar-refractivity contribution < 1.29 is 27.8 Å². The Morgan fingerprint density at radius 3 is 2.40 bits per heavy atom. The average Bonchev–Trinajstić information content (AvgIpc) is 2.34. The molecule has 7 heteroatoms. The molecule has 0 saturated heterocycles. The van der Waals surface area contributed by atoms with Crippen molar-refractivity contribution in [3.8, 4) is 0 Å².